The van der Waals surface area contributed by atoms with Gasteiger partial charge in [0, 0.05) is 11.6 Å². The Balaban J connectivity index is 1.89. The van der Waals surface area contributed by atoms with E-state index in [0.717, 1.165) is 6.42 Å². The lowest BCUT2D eigenvalue weighted by atomic mass is 9.72. The number of hydrazone groups is 1. The summed E-state index contributed by atoms with van der Waals surface area (Å²) in [6.45, 7) is 10.9. The second-order valence-corrected chi connectivity index (χ2v) is 9.42. The van der Waals surface area contributed by atoms with Gasteiger partial charge in [0.15, 0.2) is 12.4 Å². The standard InChI is InChI=1S/C24H31N3O5/c1-23(2,3)16-24(4,5)18-8-10-19(11-9-18)32-15-22(28)26-25-14-17-7-12-21(31-6)20(13-17)27(29)30/h7-14H,15-16H2,1-6H3,(H,26,28). The summed E-state index contributed by atoms with van der Waals surface area (Å²) in [7, 11) is 1.36. The van der Waals surface area contributed by atoms with E-state index in [4.69, 9.17) is 9.47 Å². The van der Waals surface area contributed by atoms with Crippen molar-refractivity contribution < 1.29 is 19.2 Å². The summed E-state index contributed by atoms with van der Waals surface area (Å²) in [6, 6.07) is 12.1. The van der Waals surface area contributed by atoms with Crippen LogP contribution in [0.15, 0.2) is 47.6 Å². The lowest BCUT2D eigenvalue weighted by molar-refractivity contribution is -0.385. The van der Waals surface area contributed by atoms with Crippen LogP contribution < -0.4 is 14.9 Å². The van der Waals surface area contributed by atoms with Gasteiger partial charge in [-0.25, -0.2) is 5.43 Å². The van der Waals surface area contributed by atoms with Gasteiger partial charge in [-0.3, -0.25) is 14.9 Å². The van der Waals surface area contributed by atoms with Gasteiger partial charge in [-0.2, -0.15) is 5.10 Å². The fourth-order valence-electron chi connectivity index (χ4n) is 3.72. The van der Waals surface area contributed by atoms with Gasteiger partial charge < -0.3 is 9.47 Å². The molecule has 0 saturated heterocycles. The molecule has 0 saturated carbocycles. The van der Waals surface area contributed by atoms with Crippen LogP contribution in [0.25, 0.3) is 0 Å². The number of carbonyl (C=O) groups excluding carboxylic acids is 1. The smallest absolute Gasteiger partial charge is 0.311 e. The highest BCUT2D eigenvalue weighted by molar-refractivity contribution is 5.84. The number of hydrogen-bond acceptors (Lipinski definition) is 6. The fourth-order valence-corrected chi connectivity index (χ4v) is 3.72. The number of nitro groups is 1. The molecule has 0 aliphatic heterocycles. The number of ether oxygens (including phenoxy) is 2. The largest absolute Gasteiger partial charge is 0.490 e. The van der Waals surface area contributed by atoms with Crippen molar-refractivity contribution in [3.8, 4) is 11.5 Å². The third kappa shape index (κ3) is 7.37. The highest BCUT2D eigenvalue weighted by Crippen LogP contribution is 2.36. The quantitative estimate of drug-likeness (QED) is 0.340. The SMILES string of the molecule is COc1ccc(C=NNC(=O)COc2ccc(C(C)(C)CC(C)(C)C)cc2)cc1[N+](=O)[O-]. The molecule has 0 spiro atoms. The van der Waals surface area contributed by atoms with Crippen LogP contribution in [-0.2, 0) is 10.2 Å². The normalized spacial score (nSPS) is 11.9. The van der Waals surface area contributed by atoms with Gasteiger partial charge in [0.05, 0.1) is 18.2 Å². The minimum Gasteiger partial charge on any atom is -0.490 e. The molecule has 0 heterocycles. The van der Waals surface area contributed by atoms with Crippen molar-refractivity contribution in [2.75, 3.05) is 13.7 Å². The van der Waals surface area contributed by atoms with Crippen LogP contribution in [0.5, 0.6) is 11.5 Å². The molecule has 0 unspecified atom stereocenters. The summed E-state index contributed by atoms with van der Waals surface area (Å²) in [6.07, 6.45) is 2.36. The van der Waals surface area contributed by atoms with E-state index in [1.165, 1.54) is 31.0 Å². The number of nitrogens with one attached hydrogen (secondary N) is 1. The Morgan fingerprint density at radius 1 is 1.12 bits per heavy atom. The van der Waals surface area contributed by atoms with Crippen LogP contribution in [-0.4, -0.2) is 30.8 Å². The van der Waals surface area contributed by atoms with E-state index < -0.39 is 10.8 Å². The molecule has 8 heteroatoms. The maximum Gasteiger partial charge on any atom is 0.311 e. The molecule has 0 bridgehead atoms. The van der Waals surface area contributed by atoms with E-state index in [2.05, 4.69) is 45.1 Å². The molecule has 0 aliphatic rings. The summed E-state index contributed by atoms with van der Waals surface area (Å²) >= 11 is 0. The molecule has 1 N–H and O–H groups in total. The molecular weight excluding hydrogens is 410 g/mol. The van der Waals surface area contributed by atoms with E-state index in [0.29, 0.717) is 11.3 Å². The third-order valence-corrected chi connectivity index (χ3v) is 4.78. The van der Waals surface area contributed by atoms with Crippen molar-refractivity contribution in [2.24, 2.45) is 10.5 Å². The van der Waals surface area contributed by atoms with E-state index in [1.807, 2.05) is 24.3 Å². The molecule has 172 valence electrons. The minimum atomic E-state index is -0.544. The maximum atomic E-state index is 12.0. The molecule has 0 aromatic heterocycles. The Bertz CT molecular complexity index is 976. The molecule has 0 radical (unpaired) electrons. The number of nitrogens with zero attached hydrogens (tertiary/aromatic N) is 2. The topological polar surface area (TPSA) is 103 Å². The minimum absolute atomic E-state index is 0.0272. The number of rotatable bonds is 9. The zero-order chi connectivity index (χ0) is 23.9. The lowest BCUT2D eigenvalue weighted by Gasteiger charge is -2.33. The van der Waals surface area contributed by atoms with Crippen molar-refractivity contribution in [2.45, 2.75) is 46.5 Å². The summed E-state index contributed by atoms with van der Waals surface area (Å²) < 4.78 is 10.5. The van der Waals surface area contributed by atoms with Gasteiger partial charge in [0.2, 0.25) is 0 Å². The molecular formula is C24H31N3O5. The number of nitro benzene ring substituents is 1. The first-order valence-corrected chi connectivity index (χ1v) is 10.3. The monoisotopic (exact) mass is 441 g/mol. The van der Waals surface area contributed by atoms with Crippen LogP contribution in [0.1, 0.15) is 52.2 Å². The number of benzene rings is 2. The Kier molecular flexibility index (Phi) is 7.97. The zero-order valence-corrected chi connectivity index (χ0v) is 19.5. The van der Waals surface area contributed by atoms with Crippen LogP contribution in [0.4, 0.5) is 5.69 Å². The maximum absolute atomic E-state index is 12.0. The van der Waals surface area contributed by atoms with E-state index >= 15 is 0 Å². The summed E-state index contributed by atoms with van der Waals surface area (Å²) in [5.41, 5.74) is 4.07. The fraction of sp³-hybridized carbons (Fsp3) is 0.417. The first-order chi connectivity index (χ1) is 14.9. The van der Waals surface area contributed by atoms with E-state index in [9.17, 15) is 14.9 Å². The molecule has 0 aliphatic carbocycles. The van der Waals surface area contributed by atoms with Crippen LogP contribution in [0.2, 0.25) is 0 Å². The van der Waals surface area contributed by atoms with Crippen molar-refractivity contribution in [1.29, 1.82) is 0 Å². The van der Waals surface area contributed by atoms with Crippen LogP contribution in [0.3, 0.4) is 0 Å². The van der Waals surface area contributed by atoms with Crippen LogP contribution >= 0.6 is 0 Å². The van der Waals surface area contributed by atoms with Gasteiger partial charge in [-0.15, -0.1) is 0 Å². The highest BCUT2D eigenvalue weighted by atomic mass is 16.6. The molecule has 2 rings (SSSR count). The Hall–Kier alpha value is -3.42. The molecule has 2 aromatic rings. The average Bonchev–Trinajstić information content (AvgIpc) is 2.70. The predicted octanol–water partition coefficient (Wildman–Crippen LogP) is 4.85. The Morgan fingerprint density at radius 3 is 2.34 bits per heavy atom. The Morgan fingerprint density at radius 2 is 1.78 bits per heavy atom. The second-order valence-electron chi connectivity index (χ2n) is 9.42. The van der Waals surface area contributed by atoms with Gasteiger partial charge in [-0.05, 0) is 47.1 Å². The number of amides is 1. The molecule has 32 heavy (non-hydrogen) atoms. The van der Waals surface area contributed by atoms with E-state index in [-0.39, 0.29) is 28.9 Å². The van der Waals surface area contributed by atoms with Crippen molar-refractivity contribution >= 4 is 17.8 Å². The van der Waals surface area contributed by atoms with Gasteiger partial charge >= 0.3 is 5.69 Å². The first-order valence-electron chi connectivity index (χ1n) is 10.3. The predicted molar refractivity (Wildman–Crippen MR) is 124 cm³/mol. The summed E-state index contributed by atoms with van der Waals surface area (Å²) in [5.74, 6) is 0.295. The molecule has 2 aromatic carbocycles. The number of hydrogen-bond donors (Lipinski definition) is 1. The van der Waals surface area contributed by atoms with Gasteiger partial charge in [0.25, 0.3) is 5.91 Å². The Labute approximate surface area is 188 Å². The molecule has 0 fully saturated rings. The summed E-state index contributed by atoms with van der Waals surface area (Å²) in [4.78, 5) is 22.5. The zero-order valence-electron chi connectivity index (χ0n) is 19.5. The van der Waals surface area contributed by atoms with Crippen LogP contribution in [0, 0.1) is 15.5 Å². The first kappa shape index (κ1) is 24.8. The summed E-state index contributed by atoms with van der Waals surface area (Å²) in [5, 5.41) is 14.9. The molecule has 1 amide bonds. The van der Waals surface area contributed by atoms with Gasteiger partial charge in [0.1, 0.15) is 5.75 Å². The van der Waals surface area contributed by atoms with E-state index in [1.54, 1.807) is 6.07 Å². The lowest BCUT2D eigenvalue weighted by Crippen LogP contribution is -2.25. The van der Waals surface area contributed by atoms with Crippen molar-refractivity contribution in [3.05, 3.63) is 63.7 Å². The highest BCUT2D eigenvalue weighted by Gasteiger charge is 2.27. The number of methoxy groups -OCH3 is 1. The van der Waals surface area contributed by atoms with Crippen molar-refractivity contribution in [3.63, 3.8) is 0 Å². The third-order valence-electron chi connectivity index (χ3n) is 4.78. The molecule has 0 atom stereocenters. The number of carbonyl (C=O) groups is 1. The van der Waals surface area contributed by atoms with Crippen molar-refractivity contribution in [1.82, 2.24) is 5.43 Å². The average molecular weight is 442 g/mol. The van der Waals surface area contributed by atoms with Gasteiger partial charge in [-0.1, -0.05) is 46.8 Å². The second kappa shape index (κ2) is 10.3. The molecule has 8 nitrogen and oxygen atoms in total.